The van der Waals surface area contributed by atoms with E-state index in [0.29, 0.717) is 22.8 Å². The molecule has 0 saturated carbocycles. The van der Waals surface area contributed by atoms with Crippen LogP contribution in [0.15, 0.2) is 71.0 Å². The molecule has 7 heteroatoms. The van der Waals surface area contributed by atoms with Crippen LogP contribution in [0.3, 0.4) is 0 Å². The molecule has 29 heavy (non-hydrogen) atoms. The minimum atomic E-state index is -0.622. The van der Waals surface area contributed by atoms with Crippen LogP contribution < -0.4 is 5.32 Å². The van der Waals surface area contributed by atoms with Gasteiger partial charge in [-0.05, 0) is 48.6 Å². The molecule has 0 bridgehead atoms. The summed E-state index contributed by atoms with van der Waals surface area (Å²) in [6.07, 6.45) is 5.32. The van der Waals surface area contributed by atoms with Crippen LogP contribution in [0, 0.1) is 0 Å². The van der Waals surface area contributed by atoms with E-state index >= 15 is 0 Å². The zero-order valence-electron chi connectivity index (χ0n) is 16.1. The summed E-state index contributed by atoms with van der Waals surface area (Å²) in [5, 5.41) is 3.30. The lowest BCUT2D eigenvalue weighted by Gasteiger charge is -2.26. The van der Waals surface area contributed by atoms with Crippen molar-refractivity contribution in [3.8, 4) is 0 Å². The maximum Gasteiger partial charge on any atom is 0.296 e. The molecule has 0 spiro atoms. The third kappa shape index (κ3) is 3.95. The highest BCUT2D eigenvalue weighted by atomic mass is 35.5. The summed E-state index contributed by atoms with van der Waals surface area (Å²) in [5.74, 6) is -1.11. The molecule has 2 aromatic rings. The number of Topliss-reactive ketones (excluding diaryl/α,β-unsaturated/α-hetero) is 1. The smallest absolute Gasteiger partial charge is 0.296 e. The van der Waals surface area contributed by atoms with Gasteiger partial charge >= 0.3 is 0 Å². The zero-order chi connectivity index (χ0) is 20.5. The van der Waals surface area contributed by atoms with Crippen molar-refractivity contribution in [2.75, 3.05) is 5.32 Å². The fraction of sp³-hybridized carbons (Fsp3) is 0.227. The van der Waals surface area contributed by atoms with Gasteiger partial charge in [0.1, 0.15) is 0 Å². The van der Waals surface area contributed by atoms with Gasteiger partial charge in [0.15, 0.2) is 0 Å². The lowest BCUT2D eigenvalue weighted by molar-refractivity contribution is -0.132. The lowest BCUT2D eigenvalue weighted by Crippen LogP contribution is -2.32. The summed E-state index contributed by atoms with van der Waals surface area (Å²) in [4.78, 5) is 33.0. The number of ketones is 1. The predicted octanol–water partition coefficient (Wildman–Crippen LogP) is 4.42. The number of halogens is 1. The molecule has 0 radical (unpaired) electrons. The van der Waals surface area contributed by atoms with Crippen molar-refractivity contribution in [1.29, 1.82) is 0 Å². The molecule has 1 aromatic heterocycles. The molecule has 1 N–H and O–H groups in total. The van der Waals surface area contributed by atoms with E-state index in [1.54, 1.807) is 36.3 Å². The van der Waals surface area contributed by atoms with Crippen molar-refractivity contribution in [2.45, 2.75) is 31.7 Å². The van der Waals surface area contributed by atoms with Crippen molar-refractivity contribution < 1.29 is 9.59 Å². The Morgan fingerprint density at radius 2 is 1.83 bits per heavy atom. The fourth-order valence-corrected chi connectivity index (χ4v) is 5.26. The number of anilines is 1. The summed E-state index contributed by atoms with van der Waals surface area (Å²) in [6.45, 7) is 4.61. The van der Waals surface area contributed by atoms with Crippen molar-refractivity contribution in [1.82, 2.24) is 9.88 Å². The number of allylic oxidation sites excluding steroid dienone is 2. The van der Waals surface area contributed by atoms with E-state index < -0.39 is 11.7 Å². The highest BCUT2D eigenvalue weighted by molar-refractivity contribution is 8.04. The van der Waals surface area contributed by atoms with Crippen LogP contribution in [0.5, 0.6) is 0 Å². The van der Waals surface area contributed by atoms with Crippen molar-refractivity contribution in [3.05, 3.63) is 81.6 Å². The number of carbonyl (C=O) groups excluding carboxylic acids is 2. The second kappa shape index (κ2) is 8.05. The number of pyridine rings is 1. The summed E-state index contributed by atoms with van der Waals surface area (Å²) >= 11 is 7.65. The molecule has 2 aliphatic rings. The minimum Gasteiger partial charge on any atom is -0.362 e. The first-order chi connectivity index (χ1) is 13.9. The van der Waals surface area contributed by atoms with E-state index in [9.17, 15) is 9.59 Å². The molecule has 148 valence electrons. The average molecular weight is 426 g/mol. The van der Waals surface area contributed by atoms with E-state index in [4.69, 9.17) is 11.6 Å². The van der Waals surface area contributed by atoms with Crippen molar-refractivity contribution >= 4 is 40.7 Å². The Morgan fingerprint density at radius 3 is 2.52 bits per heavy atom. The summed E-state index contributed by atoms with van der Waals surface area (Å²) in [6, 6.07) is 11.1. The number of nitrogens with zero attached hydrogens (tertiary/aromatic N) is 2. The summed E-state index contributed by atoms with van der Waals surface area (Å²) in [7, 11) is 0. The molecule has 2 unspecified atom stereocenters. The van der Waals surface area contributed by atoms with Crippen molar-refractivity contribution in [3.63, 3.8) is 0 Å². The van der Waals surface area contributed by atoms with Gasteiger partial charge in [-0.3, -0.25) is 14.6 Å². The van der Waals surface area contributed by atoms with Gasteiger partial charge in [0.25, 0.3) is 5.91 Å². The van der Waals surface area contributed by atoms with E-state index in [1.807, 2.05) is 38.1 Å². The normalized spacial score (nSPS) is 20.5. The standard InChI is InChI=1S/C22H20ClN3O2S/c1-13-11-18-21(29-13)19(20(27)22(28)25-17-7-9-24-10-8-17)14(2)26(18)12-15-3-5-16(23)6-4-15/h3-11,18,21H,12H2,1-2H3,(H,24,25,28). The van der Waals surface area contributed by atoms with Gasteiger partial charge in [0.2, 0.25) is 5.78 Å². The Kier molecular flexibility index (Phi) is 5.48. The van der Waals surface area contributed by atoms with E-state index in [0.717, 1.165) is 16.2 Å². The molecule has 1 aromatic carbocycles. The van der Waals surface area contributed by atoms with Crippen LogP contribution in [0.4, 0.5) is 5.69 Å². The molecule has 2 atom stereocenters. The number of hydrogen-bond donors (Lipinski definition) is 1. The quantitative estimate of drug-likeness (QED) is 0.718. The van der Waals surface area contributed by atoms with Gasteiger partial charge in [0, 0.05) is 40.9 Å². The average Bonchev–Trinajstić information content (AvgIpc) is 3.19. The lowest BCUT2D eigenvalue weighted by atomic mass is 10.0. The number of nitrogens with one attached hydrogen (secondary N) is 1. The van der Waals surface area contributed by atoms with Gasteiger partial charge < -0.3 is 10.2 Å². The second-order valence-electron chi connectivity index (χ2n) is 7.08. The number of carbonyl (C=O) groups is 2. The summed E-state index contributed by atoms with van der Waals surface area (Å²) < 4.78 is 0. The second-order valence-corrected chi connectivity index (χ2v) is 8.90. The Balaban J connectivity index is 1.60. The molecule has 0 aliphatic carbocycles. The molecular formula is C22H20ClN3O2S. The Morgan fingerprint density at radius 1 is 1.14 bits per heavy atom. The minimum absolute atomic E-state index is 0.0587. The van der Waals surface area contributed by atoms with Crippen LogP contribution >= 0.6 is 23.4 Å². The van der Waals surface area contributed by atoms with Gasteiger partial charge in [-0.15, -0.1) is 11.8 Å². The van der Waals surface area contributed by atoms with Gasteiger partial charge in [-0.25, -0.2) is 0 Å². The number of rotatable bonds is 5. The fourth-order valence-electron chi connectivity index (χ4n) is 3.75. The monoisotopic (exact) mass is 425 g/mol. The van der Waals surface area contributed by atoms with E-state index in [-0.39, 0.29) is 11.3 Å². The van der Waals surface area contributed by atoms with Crippen LogP contribution in [-0.2, 0) is 16.1 Å². The highest BCUT2D eigenvalue weighted by Crippen LogP contribution is 2.46. The van der Waals surface area contributed by atoms with Gasteiger partial charge in [-0.2, -0.15) is 0 Å². The molecule has 3 heterocycles. The van der Waals surface area contributed by atoms with Crippen LogP contribution in [0.2, 0.25) is 5.02 Å². The van der Waals surface area contributed by atoms with Crippen LogP contribution in [0.1, 0.15) is 19.4 Å². The maximum absolute atomic E-state index is 13.1. The zero-order valence-corrected chi connectivity index (χ0v) is 17.6. The SMILES string of the molecule is CC1=CC2C(S1)C(C(=O)C(=O)Nc1ccncc1)=C(C)N2Cc1ccc(Cl)cc1. The number of thioether (sulfide) groups is 1. The molecule has 5 nitrogen and oxygen atoms in total. The van der Waals surface area contributed by atoms with Crippen LogP contribution in [-0.4, -0.2) is 32.9 Å². The van der Waals surface area contributed by atoms with Gasteiger partial charge in [-0.1, -0.05) is 29.8 Å². The number of amides is 1. The maximum atomic E-state index is 13.1. The number of hydrogen-bond acceptors (Lipinski definition) is 5. The first-order valence-corrected chi connectivity index (χ1v) is 10.5. The largest absolute Gasteiger partial charge is 0.362 e. The highest BCUT2D eigenvalue weighted by Gasteiger charge is 2.45. The van der Waals surface area contributed by atoms with E-state index in [2.05, 4.69) is 21.3 Å². The summed E-state index contributed by atoms with van der Waals surface area (Å²) in [5.41, 5.74) is 3.08. The van der Waals surface area contributed by atoms with Gasteiger partial charge in [0.05, 0.1) is 11.3 Å². The molecule has 4 rings (SSSR count). The number of fused-ring (bicyclic) bond motifs is 1. The van der Waals surface area contributed by atoms with Crippen molar-refractivity contribution in [2.24, 2.45) is 0 Å². The predicted molar refractivity (Wildman–Crippen MR) is 116 cm³/mol. The van der Waals surface area contributed by atoms with E-state index in [1.165, 1.54) is 0 Å². The van der Waals surface area contributed by atoms with Crippen LogP contribution in [0.25, 0.3) is 0 Å². The third-order valence-corrected chi connectivity index (χ3v) is 6.68. The molecule has 0 saturated heterocycles. The Bertz CT molecular complexity index is 1020. The number of benzene rings is 1. The Hall–Kier alpha value is -2.57. The molecule has 1 amide bonds. The molecule has 2 aliphatic heterocycles. The molecular weight excluding hydrogens is 406 g/mol. The first kappa shape index (κ1) is 19.7. The Labute approximate surface area is 178 Å². The molecule has 0 fully saturated rings. The first-order valence-electron chi connectivity index (χ1n) is 9.26. The topological polar surface area (TPSA) is 62.3 Å². The number of aromatic nitrogens is 1. The third-order valence-electron chi connectivity index (χ3n) is 5.15.